The predicted molar refractivity (Wildman–Crippen MR) is 66.6 cm³/mol. The minimum atomic E-state index is -1.09. The molecule has 20 heavy (non-hydrogen) atoms. The highest BCUT2D eigenvalue weighted by Gasteiger charge is 2.43. The van der Waals surface area contributed by atoms with Crippen molar-refractivity contribution in [2.45, 2.75) is 18.6 Å². The number of hydrogen-bond donors (Lipinski definition) is 1. The molecule has 106 valence electrons. The normalized spacial score (nSPS) is 28.3. The Morgan fingerprint density at radius 2 is 2.20 bits per heavy atom. The molecule has 3 atom stereocenters. The lowest BCUT2D eigenvalue weighted by Crippen LogP contribution is -2.16. The van der Waals surface area contributed by atoms with Crippen LogP contribution in [0.5, 0.6) is 0 Å². The molecule has 0 spiro atoms. The fourth-order valence-corrected chi connectivity index (χ4v) is 2.95. The quantitative estimate of drug-likeness (QED) is 0.668. The number of rotatable bonds is 3. The van der Waals surface area contributed by atoms with Crippen LogP contribution < -0.4 is 0 Å². The highest BCUT2D eigenvalue weighted by molar-refractivity contribution is 5.90. The number of nitro groups is 1. The van der Waals surface area contributed by atoms with E-state index in [1.807, 2.05) is 0 Å². The second-order valence-corrected chi connectivity index (χ2v) is 4.97. The van der Waals surface area contributed by atoms with Gasteiger partial charge in [0.05, 0.1) is 23.7 Å². The van der Waals surface area contributed by atoms with Gasteiger partial charge in [-0.15, -0.1) is 0 Å². The maximum absolute atomic E-state index is 11.3. The average Bonchev–Trinajstić information content (AvgIpc) is 3.00. The van der Waals surface area contributed by atoms with E-state index in [1.54, 1.807) is 0 Å². The topological polar surface area (TPSA) is 98.9 Å². The van der Waals surface area contributed by atoms with E-state index in [0.717, 1.165) is 6.42 Å². The van der Waals surface area contributed by atoms with Gasteiger partial charge >= 0.3 is 5.97 Å². The van der Waals surface area contributed by atoms with Crippen molar-refractivity contribution in [3.63, 3.8) is 0 Å². The van der Waals surface area contributed by atoms with Crippen LogP contribution in [0, 0.1) is 16.0 Å². The molecule has 3 unspecified atom stereocenters. The van der Waals surface area contributed by atoms with Crippen molar-refractivity contribution in [1.29, 1.82) is 0 Å². The molecule has 7 heteroatoms. The molecule has 0 amide bonds. The Labute approximate surface area is 114 Å². The van der Waals surface area contributed by atoms with Gasteiger partial charge in [0.15, 0.2) is 6.29 Å². The average molecular weight is 279 g/mol. The summed E-state index contributed by atoms with van der Waals surface area (Å²) < 4.78 is 10.9. The highest BCUT2D eigenvalue weighted by atomic mass is 16.7. The van der Waals surface area contributed by atoms with Crippen molar-refractivity contribution in [2.24, 2.45) is 5.92 Å². The second kappa shape index (κ2) is 4.84. The Hall–Kier alpha value is -1.99. The smallest absolute Gasteiger partial charge is 0.335 e. The Balaban J connectivity index is 2.03. The van der Waals surface area contributed by atoms with Crippen molar-refractivity contribution in [1.82, 2.24) is 0 Å². The van der Waals surface area contributed by atoms with Crippen molar-refractivity contribution >= 4 is 11.7 Å². The lowest BCUT2D eigenvalue weighted by atomic mass is 9.84. The summed E-state index contributed by atoms with van der Waals surface area (Å²) in [5.41, 5.74) is 0.453. The third-order valence-electron chi connectivity index (χ3n) is 3.92. The first-order chi connectivity index (χ1) is 9.58. The van der Waals surface area contributed by atoms with E-state index in [2.05, 4.69) is 0 Å². The van der Waals surface area contributed by atoms with Gasteiger partial charge in [-0.05, 0) is 18.1 Å². The third kappa shape index (κ3) is 2.04. The second-order valence-electron chi connectivity index (χ2n) is 4.97. The van der Waals surface area contributed by atoms with Gasteiger partial charge in [-0.1, -0.05) is 0 Å². The van der Waals surface area contributed by atoms with E-state index in [0.29, 0.717) is 18.8 Å². The molecule has 0 radical (unpaired) electrons. The molecular formula is C13H13NO6. The molecule has 1 N–H and O–H groups in total. The number of aromatic carboxylic acids is 1. The van der Waals surface area contributed by atoms with E-state index in [-0.39, 0.29) is 29.4 Å². The molecule has 0 aromatic heterocycles. The van der Waals surface area contributed by atoms with E-state index in [1.165, 1.54) is 18.2 Å². The minimum Gasteiger partial charge on any atom is -0.478 e. The van der Waals surface area contributed by atoms with Crippen LogP contribution in [-0.4, -0.2) is 35.5 Å². The molecule has 2 fully saturated rings. The molecule has 0 bridgehead atoms. The summed E-state index contributed by atoms with van der Waals surface area (Å²) in [4.78, 5) is 21.7. The van der Waals surface area contributed by atoms with E-state index >= 15 is 0 Å². The molecule has 1 aromatic rings. The van der Waals surface area contributed by atoms with Crippen LogP contribution in [0.4, 0.5) is 5.69 Å². The van der Waals surface area contributed by atoms with Crippen LogP contribution >= 0.6 is 0 Å². The molecule has 2 heterocycles. The van der Waals surface area contributed by atoms with Crippen molar-refractivity contribution in [3.8, 4) is 0 Å². The molecule has 2 aliphatic rings. The summed E-state index contributed by atoms with van der Waals surface area (Å²) >= 11 is 0. The zero-order valence-electron chi connectivity index (χ0n) is 10.5. The van der Waals surface area contributed by atoms with Crippen molar-refractivity contribution in [2.75, 3.05) is 13.2 Å². The van der Waals surface area contributed by atoms with Crippen LogP contribution in [-0.2, 0) is 9.47 Å². The van der Waals surface area contributed by atoms with Gasteiger partial charge in [-0.25, -0.2) is 4.79 Å². The Morgan fingerprint density at radius 3 is 2.90 bits per heavy atom. The largest absolute Gasteiger partial charge is 0.478 e. The molecule has 7 nitrogen and oxygen atoms in total. The summed E-state index contributed by atoms with van der Waals surface area (Å²) in [6, 6.07) is 3.85. The lowest BCUT2D eigenvalue weighted by molar-refractivity contribution is -0.384. The molecular weight excluding hydrogens is 266 g/mol. The van der Waals surface area contributed by atoms with Gasteiger partial charge in [0.1, 0.15) is 0 Å². The van der Waals surface area contributed by atoms with E-state index in [4.69, 9.17) is 9.47 Å². The Morgan fingerprint density at radius 1 is 1.40 bits per heavy atom. The van der Waals surface area contributed by atoms with Crippen LogP contribution in [0.15, 0.2) is 18.2 Å². The highest BCUT2D eigenvalue weighted by Crippen LogP contribution is 2.43. The van der Waals surface area contributed by atoms with Gasteiger partial charge < -0.3 is 14.6 Å². The number of benzene rings is 1. The number of nitrogens with zero attached hydrogens (tertiary/aromatic N) is 1. The number of carbonyl (C=O) groups is 1. The monoisotopic (exact) mass is 279 g/mol. The number of carboxylic acids is 1. The lowest BCUT2D eigenvalue weighted by Gasteiger charge is -2.17. The summed E-state index contributed by atoms with van der Waals surface area (Å²) in [5.74, 6) is -1.19. The van der Waals surface area contributed by atoms with Crippen molar-refractivity contribution in [3.05, 3.63) is 39.4 Å². The minimum absolute atomic E-state index is 0.0649. The Kier molecular flexibility index (Phi) is 3.15. The summed E-state index contributed by atoms with van der Waals surface area (Å²) in [6.07, 6.45) is 0.456. The van der Waals surface area contributed by atoms with Crippen LogP contribution in [0.1, 0.15) is 28.3 Å². The van der Waals surface area contributed by atoms with Gasteiger partial charge in [-0.3, -0.25) is 10.1 Å². The van der Waals surface area contributed by atoms with Crippen LogP contribution in [0.25, 0.3) is 0 Å². The van der Waals surface area contributed by atoms with Crippen LogP contribution in [0.2, 0.25) is 0 Å². The molecule has 3 rings (SSSR count). The van der Waals surface area contributed by atoms with Crippen LogP contribution in [0.3, 0.4) is 0 Å². The van der Waals surface area contributed by atoms with Gasteiger partial charge in [0.25, 0.3) is 5.69 Å². The van der Waals surface area contributed by atoms with Gasteiger partial charge in [0, 0.05) is 24.0 Å². The molecule has 1 aromatic carbocycles. The first kappa shape index (κ1) is 13.0. The first-order valence-electron chi connectivity index (χ1n) is 6.33. The fraction of sp³-hybridized carbons (Fsp3) is 0.462. The predicted octanol–water partition coefficient (Wildman–Crippen LogP) is 1.77. The number of fused-ring (bicyclic) bond motifs is 1. The van der Waals surface area contributed by atoms with Gasteiger partial charge in [0.2, 0.25) is 0 Å². The Bertz CT molecular complexity index is 572. The molecule has 0 saturated carbocycles. The third-order valence-corrected chi connectivity index (χ3v) is 3.92. The zero-order valence-corrected chi connectivity index (χ0v) is 10.5. The summed E-state index contributed by atoms with van der Waals surface area (Å²) in [6.45, 7) is 0.903. The molecule has 2 aliphatic heterocycles. The molecule has 0 aliphatic carbocycles. The SMILES string of the molecule is O=C(O)c1ccc([N+](=O)[O-])cc1C1COC2OCCC21. The maximum atomic E-state index is 11.3. The van der Waals surface area contributed by atoms with Gasteiger partial charge in [-0.2, -0.15) is 0 Å². The number of hydrogen-bond acceptors (Lipinski definition) is 5. The number of nitro benzene ring substituents is 1. The number of ether oxygens (including phenoxy) is 2. The molecule has 2 saturated heterocycles. The summed E-state index contributed by atoms with van der Waals surface area (Å²) in [7, 11) is 0. The summed E-state index contributed by atoms with van der Waals surface area (Å²) in [5, 5.41) is 20.1. The fourth-order valence-electron chi connectivity index (χ4n) is 2.95. The number of carboxylic acid groups (broad SMARTS) is 1. The van der Waals surface area contributed by atoms with E-state index in [9.17, 15) is 20.0 Å². The van der Waals surface area contributed by atoms with Crippen molar-refractivity contribution < 1.29 is 24.3 Å². The van der Waals surface area contributed by atoms with E-state index < -0.39 is 10.9 Å². The number of non-ortho nitro benzene ring substituents is 1. The maximum Gasteiger partial charge on any atom is 0.335 e. The standard InChI is InChI=1S/C13H13NO6/c15-12(16)8-2-1-7(14(17)18)5-10(8)11-6-20-13-9(11)3-4-19-13/h1-2,5,9,11,13H,3-4,6H2,(H,15,16). The zero-order chi connectivity index (χ0) is 14.3. The first-order valence-corrected chi connectivity index (χ1v) is 6.33.